The lowest BCUT2D eigenvalue weighted by atomic mass is 9.99. The van der Waals surface area contributed by atoms with E-state index in [0.717, 1.165) is 11.1 Å². The molecule has 1 aliphatic rings. The molecule has 1 fully saturated rings. The number of carbonyl (C=O) groups excluding carboxylic acids is 2. The van der Waals surface area contributed by atoms with Crippen LogP contribution in [0.1, 0.15) is 37.3 Å². The quantitative estimate of drug-likeness (QED) is 0.414. The summed E-state index contributed by atoms with van der Waals surface area (Å²) in [6.07, 6.45) is 0.726. The van der Waals surface area contributed by atoms with Crippen LogP contribution in [0.2, 0.25) is 0 Å². The number of hydrogen-bond donors (Lipinski definition) is 2. The number of carboxylic acid groups (broad SMARTS) is 1. The lowest BCUT2D eigenvalue weighted by molar-refractivity contribution is -0.159. The number of benzene rings is 2. The first-order valence-electron chi connectivity index (χ1n) is 12.1. The van der Waals surface area contributed by atoms with Crippen LogP contribution in [0.15, 0.2) is 60.7 Å². The van der Waals surface area contributed by atoms with Crippen LogP contribution < -0.4 is 5.32 Å². The molecule has 1 heterocycles. The van der Waals surface area contributed by atoms with Gasteiger partial charge in [0.15, 0.2) is 0 Å². The van der Waals surface area contributed by atoms with E-state index >= 15 is 0 Å². The first-order valence-corrected chi connectivity index (χ1v) is 13.1. The number of carbonyl (C=O) groups is 3. The van der Waals surface area contributed by atoms with Gasteiger partial charge in [0, 0.05) is 6.54 Å². The Hall–Kier alpha value is -3.16. The molecule has 10 heteroatoms. The lowest BCUT2D eigenvalue weighted by Crippen LogP contribution is -2.61. The van der Waals surface area contributed by atoms with Crippen LogP contribution in [-0.4, -0.2) is 58.6 Å². The predicted molar refractivity (Wildman–Crippen MR) is 135 cm³/mol. The van der Waals surface area contributed by atoms with Gasteiger partial charge in [-0.2, -0.15) is 0 Å². The zero-order valence-corrected chi connectivity index (χ0v) is 21.5. The second kappa shape index (κ2) is 13.2. The summed E-state index contributed by atoms with van der Waals surface area (Å²) in [5.41, 5.74) is 1.71. The first kappa shape index (κ1) is 27.4. The van der Waals surface area contributed by atoms with Crippen LogP contribution in [0.3, 0.4) is 0 Å². The van der Waals surface area contributed by atoms with E-state index in [4.69, 9.17) is 9.47 Å². The zero-order chi connectivity index (χ0) is 26.0. The fourth-order valence-corrected chi connectivity index (χ4v) is 5.24. The highest BCUT2D eigenvalue weighted by Crippen LogP contribution is 2.37. The Bertz CT molecular complexity index is 1040. The van der Waals surface area contributed by atoms with Gasteiger partial charge >= 0.3 is 12.1 Å². The summed E-state index contributed by atoms with van der Waals surface area (Å²) in [7, 11) is -1.94. The van der Waals surface area contributed by atoms with Crippen molar-refractivity contribution in [1.29, 1.82) is 0 Å². The summed E-state index contributed by atoms with van der Waals surface area (Å²) in [5, 5.41) is 10.4. The fourth-order valence-electron chi connectivity index (χ4n) is 4.41. The van der Waals surface area contributed by atoms with Gasteiger partial charge in [0.05, 0.1) is 19.3 Å². The monoisotopic (exact) mass is 516 g/mol. The summed E-state index contributed by atoms with van der Waals surface area (Å²) in [5.74, 6) is -1.82. The number of nitrogens with one attached hydrogen (secondary N) is 1. The largest absolute Gasteiger partial charge is 0.480 e. The molecule has 0 saturated carbocycles. The minimum absolute atomic E-state index is 0.0419. The number of hydrogen-bond acceptors (Lipinski definition) is 6. The van der Waals surface area contributed by atoms with Gasteiger partial charge in [-0.05, 0) is 43.7 Å². The van der Waals surface area contributed by atoms with Crippen molar-refractivity contribution in [2.75, 3.05) is 13.2 Å². The van der Waals surface area contributed by atoms with E-state index in [9.17, 15) is 24.1 Å². The number of likely N-dealkylation sites (tertiary alicyclic amines) is 1. The van der Waals surface area contributed by atoms with Crippen molar-refractivity contribution in [3.05, 3.63) is 71.8 Å². The zero-order valence-electron chi connectivity index (χ0n) is 20.3. The average molecular weight is 517 g/mol. The van der Waals surface area contributed by atoms with Crippen LogP contribution in [0.5, 0.6) is 0 Å². The maximum absolute atomic E-state index is 14.0. The minimum atomic E-state index is -1.95. The summed E-state index contributed by atoms with van der Waals surface area (Å²) in [6.45, 7) is 1.93. The van der Waals surface area contributed by atoms with E-state index in [2.05, 4.69) is 5.32 Å². The van der Waals surface area contributed by atoms with E-state index in [1.807, 2.05) is 60.7 Å². The SMILES string of the molecule is CCOC(=O)NC(CCc1ccccc1)C(OCc1ccccc1)([PH2]=O)C(=O)N1CCC[C@H]1C(=O)O. The van der Waals surface area contributed by atoms with Crippen molar-refractivity contribution < 1.29 is 33.5 Å². The molecule has 2 N–H and O–H groups in total. The summed E-state index contributed by atoms with van der Waals surface area (Å²) in [6, 6.07) is 16.5. The van der Waals surface area contributed by atoms with Crippen molar-refractivity contribution in [2.24, 2.45) is 0 Å². The van der Waals surface area contributed by atoms with Crippen molar-refractivity contribution in [2.45, 2.75) is 56.6 Å². The van der Waals surface area contributed by atoms with Crippen molar-refractivity contribution in [3.8, 4) is 0 Å². The highest BCUT2D eigenvalue weighted by atomic mass is 31.1. The third kappa shape index (κ3) is 6.74. The van der Waals surface area contributed by atoms with Crippen molar-refractivity contribution in [3.63, 3.8) is 0 Å². The smallest absolute Gasteiger partial charge is 0.407 e. The molecule has 0 aromatic heterocycles. The summed E-state index contributed by atoms with van der Waals surface area (Å²) < 4.78 is 24.3. The second-order valence-corrected chi connectivity index (χ2v) is 9.72. The van der Waals surface area contributed by atoms with Gasteiger partial charge in [-0.15, -0.1) is 0 Å². The summed E-state index contributed by atoms with van der Waals surface area (Å²) in [4.78, 5) is 39.6. The number of carboxylic acids is 1. The Morgan fingerprint density at radius 2 is 1.75 bits per heavy atom. The van der Waals surface area contributed by atoms with E-state index in [1.54, 1.807) is 6.92 Å². The normalized spacial score (nSPS) is 18.0. The summed E-state index contributed by atoms with van der Waals surface area (Å²) >= 11 is 0. The number of alkyl carbamates (subject to hydrolysis) is 1. The number of amides is 2. The molecule has 0 aliphatic carbocycles. The molecule has 36 heavy (non-hydrogen) atoms. The molecule has 0 radical (unpaired) electrons. The number of aliphatic carboxylic acids is 1. The molecule has 194 valence electrons. The van der Waals surface area contributed by atoms with Crippen molar-refractivity contribution in [1.82, 2.24) is 10.2 Å². The van der Waals surface area contributed by atoms with Gasteiger partial charge in [0.1, 0.15) is 14.5 Å². The molecule has 1 saturated heterocycles. The molecule has 2 aromatic rings. The predicted octanol–water partition coefficient (Wildman–Crippen LogP) is 3.48. The number of ether oxygens (including phenoxy) is 2. The maximum Gasteiger partial charge on any atom is 0.407 e. The molecule has 1 aliphatic heterocycles. The second-order valence-electron chi connectivity index (χ2n) is 8.62. The standard InChI is InChI=1S/C26H33N2O7P/c1-2-34-25(32)27-22(16-15-19-10-5-3-6-11-19)26(36-33,35-18-20-12-7-4-8-13-20)24(31)28-17-9-14-21(28)23(29)30/h3-8,10-13,21-22H,2,9,14-18,36H2,1H3,(H,27,32)(H,29,30)/t21-,22?,26?/m0/s1. The van der Waals surface area contributed by atoms with Crippen molar-refractivity contribution >= 4 is 26.4 Å². The van der Waals surface area contributed by atoms with E-state index in [-0.39, 0.29) is 26.2 Å². The maximum atomic E-state index is 14.0. The molecule has 3 rings (SSSR count). The topological polar surface area (TPSA) is 122 Å². The van der Waals surface area contributed by atoms with E-state index < -0.39 is 43.9 Å². The molecule has 9 nitrogen and oxygen atoms in total. The molecule has 2 amide bonds. The molecular formula is C26H33N2O7P. The molecule has 0 bridgehead atoms. The van der Waals surface area contributed by atoms with Crippen LogP contribution >= 0.6 is 8.46 Å². The van der Waals surface area contributed by atoms with Gasteiger partial charge in [0.2, 0.25) is 5.34 Å². The third-order valence-electron chi connectivity index (χ3n) is 6.28. The Morgan fingerprint density at radius 1 is 1.11 bits per heavy atom. The van der Waals surface area contributed by atoms with Gasteiger partial charge in [-0.1, -0.05) is 60.7 Å². The third-order valence-corrected chi connectivity index (χ3v) is 7.44. The Balaban J connectivity index is 2.00. The van der Waals surface area contributed by atoms with E-state index in [0.29, 0.717) is 19.3 Å². The average Bonchev–Trinajstić information content (AvgIpc) is 3.39. The van der Waals surface area contributed by atoms with Crippen LogP contribution in [0.25, 0.3) is 0 Å². The van der Waals surface area contributed by atoms with Crippen LogP contribution in [0, 0.1) is 0 Å². The highest BCUT2D eigenvalue weighted by Gasteiger charge is 2.52. The minimum Gasteiger partial charge on any atom is -0.480 e. The first-order chi connectivity index (χ1) is 17.4. The molecule has 4 atom stereocenters. The van der Waals surface area contributed by atoms with Crippen LogP contribution in [0.4, 0.5) is 4.79 Å². The van der Waals surface area contributed by atoms with Gasteiger partial charge < -0.3 is 29.4 Å². The van der Waals surface area contributed by atoms with Gasteiger partial charge in [-0.25, -0.2) is 9.59 Å². The molecular weight excluding hydrogens is 483 g/mol. The number of aryl methyl sites for hydroxylation is 1. The van der Waals surface area contributed by atoms with Gasteiger partial charge in [-0.3, -0.25) is 4.79 Å². The highest BCUT2D eigenvalue weighted by molar-refractivity contribution is 7.27. The number of nitrogens with zero attached hydrogens (tertiary/aromatic N) is 1. The fraction of sp³-hybridized carbons (Fsp3) is 0.423. The molecule has 2 aromatic carbocycles. The Kier molecular flexibility index (Phi) is 10.1. The van der Waals surface area contributed by atoms with Crippen LogP contribution in [-0.2, 0) is 36.7 Å². The lowest BCUT2D eigenvalue weighted by Gasteiger charge is -2.39. The Morgan fingerprint density at radius 3 is 2.33 bits per heavy atom. The van der Waals surface area contributed by atoms with Gasteiger partial charge in [0.25, 0.3) is 5.91 Å². The van der Waals surface area contributed by atoms with E-state index in [1.165, 1.54) is 4.90 Å². The Labute approximate surface area is 212 Å². The molecule has 3 unspecified atom stereocenters. The molecule has 0 spiro atoms. The number of rotatable bonds is 12.